The molecule has 0 spiro atoms. The molecule has 1 saturated heterocycles. The summed E-state index contributed by atoms with van der Waals surface area (Å²) in [7, 11) is 0. The summed E-state index contributed by atoms with van der Waals surface area (Å²) in [4.78, 5) is 62.1. The van der Waals surface area contributed by atoms with Crippen LogP contribution in [0, 0.1) is 31.6 Å². The van der Waals surface area contributed by atoms with Crippen molar-refractivity contribution in [3.8, 4) is 16.8 Å². The Bertz CT molecular complexity index is 2530. The van der Waals surface area contributed by atoms with Crippen molar-refractivity contribution in [3.63, 3.8) is 0 Å². The van der Waals surface area contributed by atoms with Crippen molar-refractivity contribution >= 4 is 58.4 Å². The molecule has 0 saturated carbocycles. The van der Waals surface area contributed by atoms with Gasteiger partial charge in [0.05, 0.1) is 28.0 Å². The Labute approximate surface area is 326 Å². The minimum Gasteiger partial charge on any atom is -0.336 e. The Morgan fingerprint density at radius 1 is 1.04 bits per heavy atom. The summed E-state index contributed by atoms with van der Waals surface area (Å²) in [5.74, 6) is 6.34. The highest BCUT2D eigenvalue weighted by molar-refractivity contribution is 7.15. The highest BCUT2D eigenvalue weighted by Gasteiger charge is 2.45. The standard InChI is InChI=1S/C41H35ClN8O4S/c1-23(9-10-26-7-4-8-30-36(26)40(54)50(39(30)53)31-16-18-34(51)45-38(31)52)6-5-19-48-21-29(44-22-48)15-17-32-24(2)35-37(27-11-13-28(42)14-12-27)43-20-33-47-46-25(3)49(33)41(35)55-32/h4,7-14,21-23,31H,5-6,16,18-20H2,1-3H3,(H,45,51,52)/b10-9+. The molecule has 12 nitrogen and oxygen atoms in total. The molecule has 0 aliphatic carbocycles. The third kappa shape index (κ3) is 6.83. The Hall–Kier alpha value is -5.97. The lowest BCUT2D eigenvalue weighted by Crippen LogP contribution is -2.54. The van der Waals surface area contributed by atoms with Crippen LogP contribution in [0.1, 0.15) is 97.8 Å². The van der Waals surface area contributed by atoms with Crippen LogP contribution in [-0.4, -0.2) is 64.6 Å². The number of imide groups is 2. The van der Waals surface area contributed by atoms with Gasteiger partial charge in [0.25, 0.3) is 11.8 Å². The highest BCUT2D eigenvalue weighted by atomic mass is 35.5. The Balaban J connectivity index is 0.924. The van der Waals surface area contributed by atoms with Gasteiger partial charge in [0.1, 0.15) is 29.1 Å². The first kappa shape index (κ1) is 36.0. The number of halogens is 1. The number of nitrogens with zero attached hydrogens (tertiary/aromatic N) is 7. The fraction of sp³-hybridized carbons (Fsp3) is 0.268. The molecular weight excluding hydrogens is 736 g/mol. The zero-order valence-corrected chi connectivity index (χ0v) is 31.9. The number of benzene rings is 2. The number of imidazole rings is 1. The number of allylic oxidation sites excluding steroid dienone is 1. The predicted molar refractivity (Wildman–Crippen MR) is 208 cm³/mol. The number of aromatic nitrogens is 5. The number of rotatable bonds is 8. The molecule has 2 unspecified atom stereocenters. The zero-order chi connectivity index (χ0) is 38.4. The molecule has 8 rings (SSSR count). The first-order valence-electron chi connectivity index (χ1n) is 18.0. The summed E-state index contributed by atoms with van der Waals surface area (Å²) in [6, 6.07) is 11.8. The number of amides is 4. The van der Waals surface area contributed by atoms with Crippen LogP contribution in [0.2, 0.25) is 5.02 Å². The van der Waals surface area contributed by atoms with Gasteiger partial charge in [0, 0.05) is 35.3 Å². The normalized spacial score (nSPS) is 17.0. The summed E-state index contributed by atoms with van der Waals surface area (Å²) in [5.41, 5.74) is 5.74. The molecule has 2 aromatic carbocycles. The molecule has 3 aliphatic rings. The van der Waals surface area contributed by atoms with E-state index in [0.29, 0.717) is 22.8 Å². The molecule has 0 bridgehead atoms. The van der Waals surface area contributed by atoms with Gasteiger partial charge >= 0.3 is 0 Å². The second kappa shape index (κ2) is 14.7. The topological polar surface area (TPSA) is 144 Å². The van der Waals surface area contributed by atoms with Crippen LogP contribution in [0.3, 0.4) is 0 Å². The van der Waals surface area contributed by atoms with E-state index in [9.17, 15) is 19.2 Å². The maximum Gasteiger partial charge on any atom is 0.262 e. The van der Waals surface area contributed by atoms with E-state index >= 15 is 0 Å². The van der Waals surface area contributed by atoms with E-state index in [4.69, 9.17) is 16.6 Å². The van der Waals surface area contributed by atoms with Crippen molar-refractivity contribution in [1.82, 2.24) is 34.5 Å². The summed E-state index contributed by atoms with van der Waals surface area (Å²) in [6.07, 6.45) is 9.60. The van der Waals surface area contributed by atoms with Crippen LogP contribution in [-0.2, 0) is 22.7 Å². The Kier molecular flexibility index (Phi) is 9.63. The van der Waals surface area contributed by atoms with Crippen molar-refractivity contribution in [2.24, 2.45) is 10.9 Å². The summed E-state index contributed by atoms with van der Waals surface area (Å²) < 4.78 is 4.10. The zero-order valence-electron chi connectivity index (χ0n) is 30.3. The SMILES string of the molecule is Cc1c(C#Cc2cn(CCCC(C)/C=C/c3cccc4c3C(=O)N(C3CCC(=O)NC3=O)C4=O)cn2)sc2c1C(c1ccc(Cl)cc1)=NCc1nnc(C)n1-2. The summed E-state index contributed by atoms with van der Waals surface area (Å²) in [6.45, 7) is 7.29. The first-order chi connectivity index (χ1) is 26.6. The largest absolute Gasteiger partial charge is 0.336 e. The quantitative estimate of drug-likeness (QED) is 0.149. The van der Waals surface area contributed by atoms with Gasteiger partial charge in [0.2, 0.25) is 11.8 Å². The number of aryl methyl sites for hydroxylation is 2. The number of thiophene rings is 1. The molecule has 3 aliphatic heterocycles. The smallest absolute Gasteiger partial charge is 0.262 e. The number of nitrogens with one attached hydrogen (secondary N) is 1. The van der Waals surface area contributed by atoms with E-state index in [-0.39, 0.29) is 29.9 Å². The molecule has 276 valence electrons. The van der Waals surface area contributed by atoms with E-state index in [2.05, 4.69) is 50.8 Å². The van der Waals surface area contributed by atoms with Crippen molar-refractivity contribution in [2.45, 2.75) is 65.6 Å². The number of carbonyl (C=O) groups excluding carboxylic acids is 4. The van der Waals surface area contributed by atoms with Gasteiger partial charge in [-0.25, -0.2) is 4.98 Å². The van der Waals surface area contributed by atoms with Crippen molar-refractivity contribution < 1.29 is 19.2 Å². The molecule has 1 fully saturated rings. The van der Waals surface area contributed by atoms with E-state index in [0.717, 1.165) is 68.2 Å². The lowest BCUT2D eigenvalue weighted by atomic mass is 9.99. The minimum absolute atomic E-state index is 0.0771. The van der Waals surface area contributed by atoms with E-state index in [1.807, 2.05) is 54.1 Å². The van der Waals surface area contributed by atoms with E-state index in [1.54, 1.807) is 35.9 Å². The number of fused-ring (bicyclic) bond motifs is 4. The molecule has 4 amide bonds. The van der Waals surface area contributed by atoms with Crippen LogP contribution in [0.5, 0.6) is 0 Å². The third-order valence-electron chi connectivity index (χ3n) is 10.1. The molecule has 1 N–H and O–H groups in total. The van der Waals surface area contributed by atoms with E-state index < -0.39 is 29.7 Å². The molecule has 0 radical (unpaired) electrons. The second-order valence-corrected chi connectivity index (χ2v) is 15.3. The number of hydrogen-bond acceptors (Lipinski definition) is 9. The molecule has 14 heteroatoms. The van der Waals surface area contributed by atoms with Crippen molar-refractivity contribution in [2.75, 3.05) is 0 Å². The Morgan fingerprint density at radius 2 is 1.85 bits per heavy atom. The fourth-order valence-electron chi connectivity index (χ4n) is 7.21. The highest BCUT2D eigenvalue weighted by Crippen LogP contribution is 2.37. The van der Waals surface area contributed by atoms with Gasteiger partial charge in [-0.05, 0) is 80.2 Å². The second-order valence-electron chi connectivity index (χ2n) is 13.8. The van der Waals surface area contributed by atoms with Crippen LogP contribution < -0.4 is 5.32 Å². The average molecular weight is 771 g/mol. The number of hydrogen-bond donors (Lipinski definition) is 1. The van der Waals surface area contributed by atoms with E-state index in [1.165, 1.54) is 0 Å². The van der Waals surface area contributed by atoms with Crippen molar-refractivity contribution in [1.29, 1.82) is 0 Å². The molecule has 55 heavy (non-hydrogen) atoms. The molecule has 3 aromatic heterocycles. The van der Waals surface area contributed by atoms with Crippen LogP contribution in [0.15, 0.2) is 66.1 Å². The number of aliphatic imine (C=N–C) groups is 1. The van der Waals surface area contributed by atoms with Gasteiger partial charge in [-0.2, -0.15) is 0 Å². The number of piperidine rings is 1. The minimum atomic E-state index is -0.998. The molecule has 2 atom stereocenters. The van der Waals surface area contributed by atoms with Gasteiger partial charge in [-0.3, -0.25) is 39.0 Å². The molecule has 6 heterocycles. The van der Waals surface area contributed by atoms with Crippen LogP contribution in [0.25, 0.3) is 11.1 Å². The Morgan fingerprint density at radius 3 is 2.65 bits per heavy atom. The van der Waals surface area contributed by atoms with Gasteiger partial charge in [-0.1, -0.05) is 54.9 Å². The van der Waals surface area contributed by atoms with Crippen LogP contribution >= 0.6 is 22.9 Å². The van der Waals surface area contributed by atoms with Crippen LogP contribution in [0.4, 0.5) is 0 Å². The monoisotopic (exact) mass is 770 g/mol. The lowest BCUT2D eigenvalue weighted by Gasteiger charge is -2.27. The molecule has 5 aromatic rings. The lowest BCUT2D eigenvalue weighted by molar-refractivity contribution is -0.136. The first-order valence-corrected chi connectivity index (χ1v) is 19.2. The fourth-order valence-corrected chi connectivity index (χ4v) is 8.56. The number of carbonyl (C=O) groups is 4. The van der Waals surface area contributed by atoms with Gasteiger partial charge in [0.15, 0.2) is 5.82 Å². The van der Waals surface area contributed by atoms with Crippen molar-refractivity contribution in [3.05, 3.63) is 122 Å². The maximum absolute atomic E-state index is 13.4. The summed E-state index contributed by atoms with van der Waals surface area (Å²) in [5, 5.41) is 12.6. The average Bonchev–Trinajstić information content (AvgIpc) is 3.89. The summed E-state index contributed by atoms with van der Waals surface area (Å²) >= 11 is 7.79. The van der Waals surface area contributed by atoms with Gasteiger partial charge in [-0.15, -0.1) is 21.5 Å². The van der Waals surface area contributed by atoms with Gasteiger partial charge < -0.3 is 4.57 Å². The predicted octanol–water partition coefficient (Wildman–Crippen LogP) is 6.08. The molecular formula is C41H35ClN8O4S. The maximum atomic E-state index is 13.4. The third-order valence-corrected chi connectivity index (χ3v) is 11.5.